The molecule has 0 aliphatic rings. The third-order valence-corrected chi connectivity index (χ3v) is 2.93. The molecule has 2 rings (SSSR count). The number of rotatable bonds is 6. The topological polar surface area (TPSA) is 59.4 Å². The quantitative estimate of drug-likeness (QED) is 0.815. The van der Waals surface area contributed by atoms with Crippen LogP contribution in [0.5, 0.6) is 5.75 Å². The predicted molar refractivity (Wildman–Crippen MR) is 77.0 cm³/mol. The molecule has 0 saturated heterocycles. The van der Waals surface area contributed by atoms with Crippen molar-refractivity contribution in [2.24, 2.45) is 0 Å². The van der Waals surface area contributed by atoms with Gasteiger partial charge in [0.2, 0.25) is 0 Å². The van der Waals surface area contributed by atoms with Crippen molar-refractivity contribution in [1.29, 1.82) is 0 Å². The zero-order chi connectivity index (χ0) is 14.4. The van der Waals surface area contributed by atoms with Crippen molar-refractivity contribution in [3.8, 4) is 17.0 Å². The summed E-state index contributed by atoms with van der Waals surface area (Å²) in [5, 5.41) is 9.19. The number of nitrogens with zero attached hydrogens (tertiary/aromatic N) is 1. The third-order valence-electron chi connectivity index (χ3n) is 2.93. The Bertz CT molecular complexity index is 582. The van der Waals surface area contributed by atoms with Crippen LogP contribution in [0.15, 0.2) is 42.6 Å². The SMILES string of the molecule is CCCCOc1cc(-c2ccccn2)ccc1C(=O)O. The smallest absolute Gasteiger partial charge is 0.339 e. The van der Waals surface area contributed by atoms with Crippen LogP contribution in [-0.4, -0.2) is 22.7 Å². The Kier molecular flexibility index (Phi) is 4.71. The summed E-state index contributed by atoms with van der Waals surface area (Å²) in [5.41, 5.74) is 1.83. The van der Waals surface area contributed by atoms with Gasteiger partial charge >= 0.3 is 5.97 Å². The number of hydrogen-bond donors (Lipinski definition) is 1. The summed E-state index contributed by atoms with van der Waals surface area (Å²) in [7, 11) is 0. The van der Waals surface area contributed by atoms with Crippen molar-refractivity contribution in [3.05, 3.63) is 48.2 Å². The summed E-state index contributed by atoms with van der Waals surface area (Å²) < 4.78 is 5.59. The molecular formula is C16H17NO3. The molecule has 0 bridgehead atoms. The minimum atomic E-state index is -0.982. The Morgan fingerprint density at radius 2 is 2.15 bits per heavy atom. The maximum absolute atomic E-state index is 11.2. The monoisotopic (exact) mass is 271 g/mol. The van der Waals surface area contributed by atoms with Crippen LogP contribution in [0, 0.1) is 0 Å². The van der Waals surface area contributed by atoms with Gasteiger partial charge in [0, 0.05) is 11.8 Å². The van der Waals surface area contributed by atoms with E-state index in [4.69, 9.17) is 4.74 Å². The van der Waals surface area contributed by atoms with Gasteiger partial charge in [-0.3, -0.25) is 4.98 Å². The minimum Gasteiger partial charge on any atom is -0.493 e. The summed E-state index contributed by atoms with van der Waals surface area (Å²) in [6.45, 7) is 2.58. The van der Waals surface area contributed by atoms with Gasteiger partial charge in [-0.1, -0.05) is 25.5 Å². The largest absolute Gasteiger partial charge is 0.493 e. The first-order chi connectivity index (χ1) is 9.72. The van der Waals surface area contributed by atoms with Gasteiger partial charge in [-0.2, -0.15) is 0 Å². The van der Waals surface area contributed by atoms with Gasteiger partial charge in [0.1, 0.15) is 11.3 Å². The molecule has 0 radical (unpaired) electrons. The molecule has 0 aliphatic carbocycles. The van der Waals surface area contributed by atoms with E-state index in [2.05, 4.69) is 11.9 Å². The molecule has 1 aromatic carbocycles. The number of ether oxygens (including phenoxy) is 1. The van der Waals surface area contributed by atoms with E-state index >= 15 is 0 Å². The Labute approximate surface area is 118 Å². The molecule has 0 amide bonds. The molecule has 4 nitrogen and oxygen atoms in total. The molecule has 1 N–H and O–H groups in total. The van der Waals surface area contributed by atoms with Crippen molar-refractivity contribution in [3.63, 3.8) is 0 Å². The molecular weight excluding hydrogens is 254 g/mol. The number of pyridine rings is 1. The summed E-state index contributed by atoms with van der Waals surface area (Å²) in [6, 6.07) is 10.7. The van der Waals surface area contributed by atoms with E-state index in [1.807, 2.05) is 18.2 Å². The molecule has 0 aliphatic heterocycles. The lowest BCUT2D eigenvalue weighted by atomic mass is 10.1. The minimum absolute atomic E-state index is 0.181. The molecule has 4 heteroatoms. The van der Waals surface area contributed by atoms with Gasteiger partial charge in [0.05, 0.1) is 12.3 Å². The highest BCUT2D eigenvalue weighted by atomic mass is 16.5. The summed E-state index contributed by atoms with van der Waals surface area (Å²) in [5.74, 6) is -0.585. The molecule has 1 aromatic heterocycles. The second-order valence-electron chi connectivity index (χ2n) is 4.43. The number of aromatic nitrogens is 1. The standard InChI is InChI=1S/C16H17NO3/c1-2-3-10-20-15-11-12(7-8-13(15)16(18)19)14-6-4-5-9-17-14/h4-9,11H,2-3,10H2,1H3,(H,18,19). The predicted octanol–water partition coefficient (Wildman–Crippen LogP) is 3.63. The van der Waals surface area contributed by atoms with Crippen LogP contribution in [0.25, 0.3) is 11.3 Å². The second kappa shape index (κ2) is 6.70. The van der Waals surface area contributed by atoms with Crippen LogP contribution in [0.2, 0.25) is 0 Å². The van der Waals surface area contributed by atoms with Crippen molar-refractivity contribution in [1.82, 2.24) is 4.98 Å². The van der Waals surface area contributed by atoms with Crippen molar-refractivity contribution in [2.45, 2.75) is 19.8 Å². The molecule has 0 atom stereocenters. The van der Waals surface area contributed by atoms with Gasteiger partial charge in [-0.05, 0) is 30.7 Å². The number of carboxylic acid groups (broad SMARTS) is 1. The highest BCUT2D eigenvalue weighted by molar-refractivity contribution is 5.91. The van der Waals surface area contributed by atoms with Crippen molar-refractivity contribution < 1.29 is 14.6 Å². The van der Waals surface area contributed by atoms with Gasteiger partial charge in [0.15, 0.2) is 0 Å². The number of carboxylic acids is 1. The summed E-state index contributed by atoms with van der Waals surface area (Å²) in [6.07, 6.45) is 3.60. The first kappa shape index (κ1) is 14.1. The fraction of sp³-hybridized carbons (Fsp3) is 0.250. The third kappa shape index (κ3) is 3.35. The molecule has 0 fully saturated rings. The van der Waals surface area contributed by atoms with Crippen LogP contribution >= 0.6 is 0 Å². The van der Waals surface area contributed by atoms with E-state index in [9.17, 15) is 9.90 Å². The van der Waals surface area contributed by atoms with Crippen LogP contribution in [0.4, 0.5) is 0 Å². The molecule has 0 unspecified atom stereocenters. The van der Waals surface area contributed by atoms with Gasteiger partial charge in [-0.25, -0.2) is 4.79 Å². The molecule has 0 spiro atoms. The lowest BCUT2D eigenvalue weighted by molar-refractivity contribution is 0.0692. The van der Waals surface area contributed by atoms with Crippen LogP contribution in [0.3, 0.4) is 0 Å². The van der Waals surface area contributed by atoms with E-state index in [1.54, 1.807) is 24.4 Å². The molecule has 0 saturated carbocycles. The fourth-order valence-corrected chi connectivity index (χ4v) is 1.84. The molecule has 1 heterocycles. The average molecular weight is 271 g/mol. The zero-order valence-corrected chi connectivity index (χ0v) is 11.4. The average Bonchev–Trinajstić information content (AvgIpc) is 2.48. The van der Waals surface area contributed by atoms with Crippen LogP contribution < -0.4 is 4.74 Å². The lowest BCUT2D eigenvalue weighted by Crippen LogP contribution is -2.04. The maximum Gasteiger partial charge on any atom is 0.339 e. The number of unbranched alkanes of at least 4 members (excludes halogenated alkanes) is 1. The van der Waals surface area contributed by atoms with Crippen molar-refractivity contribution in [2.75, 3.05) is 6.61 Å². The Morgan fingerprint density at radius 1 is 1.30 bits per heavy atom. The Morgan fingerprint density at radius 3 is 2.80 bits per heavy atom. The summed E-state index contributed by atoms with van der Waals surface area (Å²) in [4.78, 5) is 15.5. The van der Waals surface area contributed by atoms with Gasteiger partial charge in [-0.15, -0.1) is 0 Å². The summed E-state index contributed by atoms with van der Waals surface area (Å²) >= 11 is 0. The number of carbonyl (C=O) groups is 1. The number of hydrogen-bond acceptors (Lipinski definition) is 3. The normalized spacial score (nSPS) is 10.2. The molecule has 2 aromatic rings. The second-order valence-corrected chi connectivity index (χ2v) is 4.43. The van der Waals surface area contributed by atoms with Gasteiger partial charge < -0.3 is 9.84 Å². The number of benzene rings is 1. The zero-order valence-electron chi connectivity index (χ0n) is 11.4. The van der Waals surface area contributed by atoms with E-state index in [0.717, 1.165) is 24.1 Å². The first-order valence-corrected chi connectivity index (χ1v) is 6.64. The van der Waals surface area contributed by atoms with Crippen molar-refractivity contribution >= 4 is 5.97 Å². The van der Waals surface area contributed by atoms with Crippen LogP contribution in [0.1, 0.15) is 30.1 Å². The number of aromatic carboxylic acids is 1. The highest BCUT2D eigenvalue weighted by Crippen LogP contribution is 2.26. The van der Waals surface area contributed by atoms with Crippen LogP contribution in [-0.2, 0) is 0 Å². The van der Waals surface area contributed by atoms with Gasteiger partial charge in [0.25, 0.3) is 0 Å². The lowest BCUT2D eigenvalue weighted by Gasteiger charge is -2.10. The van der Waals surface area contributed by atoms with E-state index < -0.39 is 5.97 Å². The van der Waals surface area contributed by atoms with E-state index in [0.29, 0.717) is 12.4 Å². The fourth-order valence-electron chi connectivity index (χ4n) is 1.84. The van der Waals surface area contributed by atoms with E-state index in [-0.39, 0.29) is 5.56 Å². The molecule has 20 heavy (non-hydrogen) atoms. The first-order valence-electron chi connectivity index (χ1n) is 6.64. The molecule has 104 valence electrons. The van der Waals surface area contributed by atoms with E-state index in [1.165, 1.54) is 0 Å². The highest BCUT2D eigenvalue weighted by Gasteiger charge is 2.13. The maximum atomic E-state index is 11.2. The Hall–Kier alpha value is -2.36. The Balaban J connectivity index is 2.32.